The third-order valence-electron chi connectivity index (χ3n) is 0.928. The van der Waals surface area contributed by atoms with E-state index < -0.39 is 11.7 Å². The molecule has 0 bridgehead atoms. The summed E-state index contributed by atoms with van der Waals surface area (Å²) in [5, 5.41) is 13.3. The highest BCUT2D eigenvalue weighted by atomic mass is 16.6. The average Bonchev–Trinajstić information content (AvgIpc) is 2.00. The topological polar surface area (TPSA) is 102 Å². The number of hydrogen-bond acceptors (Lipinski definition) is 5. The second-order valence-electron chi connectivity index (χ2n) is 3.43. The van der Waals surface area contributed by atoms with E-state index >= 15 is 0 Å². The van der Waals surface area contributed by atoms with Crippen LogP contribution >= 0.6 is 0 Å². The molecule has 0 saturated heterocycles. The van der Waals surface area contributed by atoms with Gasteiger partial charge in [-0.1, -0.05) is 10.3 Å². The van der Waals surface area contributed by atoms with Gasteiger partial charge < -0.3 is 10.6 Å². The smallest absolute Gasteiger partial charge is 0.441 e. The number of ether oxygens (including phenoxy) is 1. The molecule has 7 nitrogen and oxygen atoms in total. The van der Waals surface area contributed by atoms with Crippen LogP contribution in [0.4, 0.5) is 4.79 Å². The van der Waals surface area contributed by atoms with Gasteiger partial charge in [0.25, 0.3) is 0 Å². The van der Waals surface area contributed by atoms with Crippen molar-refractivity contribution < 1.29 is 9.53 Å². The van der Waals surface area contributed by atoms with Gasteiger partial charge in [-0.05, 0) is 20.8 Å². The summed E-state index contributed by atoms with van der Waals surface area (Å²) in [6.07, 6.45) is -0.706. The first kappa shape index (κ1) is 12.5. The number of azo groups is 1. The Kier molecular flexibility index (Phi) is 5.35. The van der Waals surface area contributed by atoms with E-state index in [2.05, 4.69) is 20.6 Å². The fraction of sp³-hybridized carbons (Fsp3) is 0.857. The number of carbonyl (C=O) groups excluding carboxylic acids is 1. The molecule has 1 amide bonds. The zero-order chi connectivity index (χ0) is 11.0. The summed E-state index contributed by atoms with van der Waals surface area (Å²) in [6.45, 7) is 5.83. The molecule has 0 aromatic rings. The average molecular weight is 201 g/mol. The molecule has 80 valence electrons. The zero-order valence-corrected chi connectivity index (χ0v) is 8.60. The van der Waals surface area contributed by atoms with E-state index in [1.54, 1.807) is 20.8 Å². The van der Waals surface area contributed by atoms with Crippen LogP contribution in [0.2, 0.25) is 0 Å². The largest absolute Gasteiger partial charge is 0.452 e. The Bertz CT molecular complexity index is 231. The highest BCUT2D eigenvalue weighted by Crippen LogP contribution is 2.07. The molecule has 2 N–H and O–H groups in total. The quantitative estimate of drug-likeness (QED) is 0.325. The number of hydrogen-bond donors (Lipinski definition) is 1. The number of nitrogens with two attached hydrogens (primary N) is 1. The predicted octanol–water partition coefficient (Wildman–Crippen LogP) is 1.70. The summed E-state index contributed by atoms with van der Waals surface area (Å²) >= 11 is 0. The Balaban J connectivity index is 3.72. The third-order valence-corrected chi connectivity index (χ3v) is 0.928. The highest BCUT2D eigenvalue weighted by molar-refractivity contribution is 5.67. The van der Waals surface area contributed by atoms with Gasteiger partial charge in [0, 0.05) is 0 Å². The minimum atomic E-state index is -0.706. The predicted molar refractivity (Wildman–Crippen MR) is 49.9 cm³/mol. The highest BCUT2D eigenvalue weighted by Gasteiger charge is 2.15. The van der Waals surface area contributed by atoms with Gasteiger partial charge in [-0.3, -0.25) is 0 Å². The number of nitrogens with zero attached hydrogens (tertiary/aromatic N) is 4. The first-order valence-corrected chi connectivity index (χ1v) is 4.13. The standard InChI is InChI=1S/C7H15N5O2/c1-7(2,3)14-6(13)11-9-4-5-10-12-8/h4-5H2,1-3H3,(H2,8,10). The molecule has 0 aliphatic carbocycles. The van der Waals surface area contributed by atoms with E-state index in [0.29, 0.717) is 6.54 Å². The lowest BCUT2D eigenvalue weighted by molar-refractivity contribution is 0.0590. The van der Waals surface area contributed by atoms with Crippen LogP contribution < -0.4 is 5.84 Å². The zero-order valence-electron chi connectivity index (χ0n) is 8.60. The molecular formula is C7H15N5O2. The van der Waals surface area contributed by atoms with Crippen LogP contribution in [0.3, 0.4) is 0 Å². The molecule has 0 aliphatic rings. The molecule has 0 fully saturated rings. The second-order valence-corrected chi connectivity index (χ2v) is 3.43. The molecule has 0 saturated carbocycles. The Morgan fingerprint density at radius 2 is 1.86 bits per heavy atom. The molecule has 0 aromatic heterocycles. The third kappa shape index (κ3) is 8.57. The molecule has 0 unspecified atom stereocenters. The maximum atomic E-state index is 10.9. The Morgan fingerprint density at radius 3 is 2.36 bits per heavy atom. The summed E-state index contributed by atoms with van der Waals surface area (Å²) in [6, 6.07) is 0. The van der Waals surface area contributed by atoms with Crippen LogP contribution in [0.5, 0.6) is 0 Å². The van der Waals surface area contributed by atoms with Gasteiger partial charge in [-0.25, -0.2) is 4.79 Å². The van der Waals surface area contributed by atoms with Gasteiger partial charge in [-0.15, -0.1) is 0 Å². The Hall–Kier alpha value is -1.53. The van der Waals surface area contributed by atoms with Crippen molar-refractivity contribution in [2.45, 2.75) is 26.4 Å². The lowest BCUT2D eigenvalue weighted by Crippen LogP contribution is -2.21. The molecule has 0 aromatic carbocycles. The maximum Gasteiger partial charge on any atom is 0.452 e. The van der Waals surface area contributed by atoms with Gasteiger partial charge in [-0.2, -0.15) is 10.2 Å². The van der Waals surface area contributed by atoms with Gasteiger partial charge in [0.1, 0.15) is 5.60 Å². The van der Waals surface area contributed by atoms with Crippen molar-refractivity contribution >= 4 is 6.09 Å². The molecule has 0 atom stereocenters. The van der Waals surface area contributed by atoms with Gasteiger partial charge in [0.05, 0.1) is 13.1 Å². The first-order chi connectivity index (χ1) is 6.45. The van der Waals surface area contributed by atoms with Crippen molar-refractivity contribution in [3.8, 4) is 0 Å². The van der Waals surface area contributed by atoms with E-state index in [9.17, 15) is 4.79 Å². The second kappa shape index (κ2) is 6.01. The summed E-state index contributed by atoms with van der Waals surface area (Å²) in [5.74, 6) is 4.75. The van der Waals surface area contributed by atoms with Crippen molar-refractivity contribution in [2.24, 2.45) is 26.4 Å². The summed E-state index contributed by atoms with van der Waals surface area (Å²) in [5.41, 5.74) is -0.549. The van der Waals surface area contributed by atoms with Crippen molar-refractivity contribution in [1.82, 2.24) is 0 Å². The Morgan fingerprint density at radius 1 is 1.29 bits per heavy atom. The molecular weight excluding hydrogens is 186 g/mol. The number of amides is 1. The molecule has 0 aliphatic heterocycles. The van der Waals surface area contributed by atoms with Crippen LogP contribution in [-0.4, -0.2) is 24.8 Å². The summed E-state index contributed by atoms with van der Waals surface area (Å²) in [4.78, 5) is 10.9. The van der Waals surface area contributed by atoms with Crippen molar-refractivity contribution in [2.75, 3.05) is 13.1 Å². The van der Waals surface area contributed by atoms with E-state index in [1.807, 2.05) is 0 Å². The lowest BCUT2D eigenvalue weighted by Gasteiger charge is -2.16. The van der Waals surface area contributed by atoms with E-state index in [4.69, 9.17) is 10.6 Å². The SMILES string of the molecule is CC(C)(C)OC(=O)N=NCCN=NN. The van der Waals surface area contributed by atoms with Gasteiger partial charge in [0.15, 0.2) is 0 Å². The lowest BCUT2D eigenvalue weighted by atomic mass is 10.2. The van der Waals surface area contributed by atoms with Crippen molar-refractivity contribution in [3.63, 3.8) is 0 Å². The minimum absolute atomic E-state index is 0.264. The molecule has 7 heteroatoms. The Labute approximate surface area is 82.4 Å². The minimum Gasteiger partial charge on any atom is -0.441 e. The number of carbonyl (C=O) groups is 1. The van der Waals surface area contributed by atoms with E-state index in [0.717, 1.165) is 0 Å². The molecule has 0 rings (SSSR count). The number of rotatable bonds is 3. The fourth-order valence-corrected chi connectivity index (χ4v) is 0.537. The monoisotopic (exact) mass is 201 g/mol. The molecule has 0 radical (unpaired) electrons. The molecule has 0 heterocycles. The maximum absolute atomic E-state index is 10.9. The van der Waals surface area contributed by atoms with Crippen molar-refractivity contribution in [1.29, 1.82) is 0 Å². The van der Waals surface area contributed by atoms with Crippen molar-refractivity contribution in [3.05, 3.63) is 0 Å². The summed E-state index contributed by atoms with van der Waals surface area (Å²) in [7, 11) is 0. The van der Waals surface area contributed by atoms with Gasteiger partial charge in [0.2, 0.25) is 0 Å². The van der Waals surface area contributed by atoms with Crippen LogP contribution in [0.25, 0.3) is 0 Å². The normalized spacial score (nSPS) is 12.5. The summed E-state index contributed by atoms with van der Waals surface area (Å²) < 4.78 is 4.87. The van der Waals surface area contributed by atoms with E-state index in [-0.39, 0.29) is 6.54 Å². The van der Waals surface area contributed by atoms with Crippen LogP contribution in [-0.2, 0) is 4.74 Å². The first-order valence-electron chi connectivity index (χ1n) is 4.13. The molecule has 14 heavy (non-hydrogen) atoms. The van der Waals surface area contributed by atoms with Crippen LogP contribution in [0, 0.1) is 0 Å². The molecule has 0 spiro atoms. The van der Waals surface area contributed by atoms with Crippen LogP contribution in [0.15, 0.2) is 20.6 Å². The van der Waals surface area contributed by atoms with Crippen LogP contribution in [0.1, 0.15) is 20.8 Å². The van der Waals surface area contributed by atoms with E-state index in [1.165, 1.54) is 0 Å². The fourth-order valence-electron chi connectivity index (χ4n) is 0.537. The van der Waals surface area contributed by atoms with Gasteiger partial charge >= 0.3 is 6.09 Å².